The van der Waals surface area contributed by atoms with Crippen molar-refractivity contribution in [2.24, 2.45) is 0 Å². The van der Waals surface area contributed by atoms with Crippen molar-refractivity contribution in [2.45, 2.75) is 25.4 Å². The number of hydrogen-bond acceptors (Lipinski definition) is 6. The number of imidazole rings is 1. The lowest BCUT2D eigenvalue weighted by atomic mass is 10.1. The number of amides is 1. The molecule has 0 bridgehead atoms. The minimum atomic E-state index is -0.159. The van der Waals surface area contributed by atoms with Gasteiger partial charge in [-0.2, -0.15) is 5.26 Å². The fourth-order valence-corrected chi connectivity index (χ4v) is 4.43. The van der Waals surface area contributed by atoms with E-state index in [-0.39, 0.29) is 11.9 Å². The van der Waals surface area contributed by atoms with Gasteiger partial charge in [0.1, 0.15) is 0 Å². The van der Waals surface area contributed by atoms with Crippen LogP contribution in [0.25, 0.3) is 27.9 Å². The fraction of sp³-hybridized carbons (Fsp3) is 0.148. The van der Waals surface area contributed by atoms with Crippen LogP contribution in [0.1, 0.15) is 34.3 Å². The maximum Gasteiger partial charge on any atom is 0.253 e. The molecule has 1 fully saturated rings. The summed E-state index contributed by atoms with van der Waals surface area (Å²) in [5.74, 6) is 0.423. The van der Waals surface area contributed by atoms with Crippen molar-refractivity contribution in [3.8, 4) is 17.3 Å². The molecule has 0 aliphatic heterocycles. The SMILES string of the molecule is N#Cc1ccc2c(c1)nc(NCc1cccnc1)c1ncc(-c3ccc(C(=O)NC4CC4)c(Cl)c3)n12. The summed E-state index contributed by atoms with van der Waals surface area (Å²) < 4.78 is 1.99. The summed E-state index contributed by atoms with van der Waals surface area (Å²) in [6.45, 7) is 0.513. The molecule has 0 spiro atoms. The maximum atomic E-state index is 12.5. The lowest BCUT2D eigenvalue weighted by Crippen LogP contribution is -2.25. The number of hydrogen-bond donors (Lipinski definition) is 2. The van der Waals surface area contributed by atoms with E-state index >= 15 is 0 Å². The van der Waals surface area contributed by atoms with E-state index < -0.39 is 0 Å². The summed E-state index contributed by atoms with van der Waals surface area (Å²) in [5.41, 5.74) is 5.66. The van der Waals surface area contributed by atoms with E-state index in [4.69, 9.17) is 16.6 Å². The van der Waals surface area contributed by atoms with Crippen molar-refractivity contribution < 1.29 is 4.79 Å². The van der Waals surface area contributed by atoms with Crippen LogP contribution in [0, 0.1) is 11.3 Å². The molecule has 3 heterocycles. The third kappa shape index (κ3) is 4.10. The number of nitriles is 1. The highest BCUT2D eigenvalue weighted by molar-refractivity contribution is 6.34. The minimum absolute atomic E-state index is 0.159. The Bertz CT molecular complexity index is 1670. The number of aromatic nitrogens is 4. The second kappa shape index (κ2) is 8.95. The molecule has 176 valence electrons. The highest BCUT2D eigenvalue weighted by Gasteiger charge is 2.25. The molecule has 9 heteroatoms. The van der Waals surface area contributed by atoms with E-state index in [1.165, 1.54) is 0 Å². The van der Waals surface area contributed by atoms with Crippen LogP contribution in [0.3, 0.4) is 0 Å². The van der Waals surface area contributed by atoms with E-state index in [0.717, 1.165) is 35.2 Å². The van der Waals surface area contributed by atoms with Gasteiger partial charge in [-0.05, 0) is 54.8 Å². The van der Waals surface area contributed by atoms with Gasteiger partial charge in [0.25, 0.3) is 5.91 Å². The number of carbonyl (C=O) groups excluding carboxylic acids is 1. The molecule has 1 aliphatic rings. The summed E-state index contributed by atoms with van der Waals surface area (Å²) in [5, 5.41) is 16.1. The first-order valence-corrected chi connectivity index (χ1v) is 11.9. The minimum Gasteiger partial charge on any atom is -0.363 e. The molecule has 1 aliphatic carbocycles. The van der Waals surface area contributed by atoms with Gasteiger partial charge in [0.05, 0.1) is 45.1 Å². The first kappa shape index (κ1) is 22.0. The first-order valence-electron chi connectivity index (χ1n) is 11.6. The molecule has 5 aromatic rings. The van der Waals surface area contributed by atoms with Crippen LogP contribution in [0.15, 0.2) is 67.1 Å². The third-order valence-electron chi connectivity index (χ3n) is 6.16. The number of rotatable bonds is 6. The molecule has 1 saturated carbocycles. The number of benzene rings is 2. The van der Waals surface area contributed by atoms with Crippen LogP contribution in [-0.4, -0.2) is 31.3 Å². The van der Waals surface area contributed by atoms with E-state index in [2.05, 4.69) is 26.7 Å². The molecule has 8 nitrogen and oxygen atoms in total. The predicted molar refractivity (Wildman–Crippen MR) is 138 cm³/mol. The van der Waals surface area contributed by atoms with Crippen molar-refractivity contribution in [3.63, 3.8) is 0 Å². The molecule has 0 radical (unpaired) electrons. The van der Waals surface area contributed by atoms with Gasteiger partial charge < -0.3 is 10.6 Å². The number of nitrogens with zero attached hydrogens (tertiary/aromatic N) is 5. The summed E-state index contributed by atoms with van der Waals surface area (Å²) in [4.78, 5) is 26.1. The number of nitrogens with one attached hydrogen (secondary N) is 2. The molecule has 36 heavy (non-hydrogen) atoms. The Morgan fingerprint density at radius 1 is 1.17 bits per heavy atom. The van der Waals surface area contributed by atoms with Crippen LogP contribution in [0.4, 0.5) is 5.82 Å². The number of anilines is 1. The highest BCUT2D eigenvalue weighted by Crippen LogP contribution is 2.32. The zero-order chi connectivity index (χ0) is 24.6. The van der Waals surface area contributed by atoms with Crippen molar-refractivity contribution in [1.82, 2.24) is 24.7 Å². The lowest BCUT2D eigenvalue weighted by molar-refractivity contribution is 0.0951. The molecule has 1 amide bonds. The zero-order valence-corrected chi connectivity index (χ0v) is 19.8. The van der Waals surface area contributed by atoms with Gasteiger partial charge in [-0.25, -0.2) is 9.97 Å². The van der Waals surface area contributed by atoms with Gasteiger partial charge in [-0.1, -0.05) is 23.7 Å². The van der Waals surface area contributed by atoms with Crippen LogP contribution >= 0.6 is 11.6 Å². The van der Waals surface area contributed by atoms with Gasteiger partial charge in [0.2, 0.25) is 0 Å². The molecule has 0 unspecified atom stereocenters. The number of carbonyl (C=O) groups is 1. The van der Waals surface area contributed by atoms with Gasteiger partial charge in [-0.3, -0.25) is 14.2 Å². The maximum absolute atomic E-state index is 12.5. The van der Waals surface area contributed by atoms with Crippen molar-refractivity contribution >= 4 is 40.0 Å². The summed E-state index contributed by atoms with van der Waals surface area (Å²) in [7, 11) is 0. The van der Waals surface area contributed by atoms with Crippen LogP contribution in [-0.2, 0) is 6.54 Å². The number of fused-ring (bicyclic) bond motifs is 3. The Morgan fingerprint density at radius 2 is 2.06 bits per heavy atom. The Kier molecular flexibility index (Phi) is 5.47. The molecule has 2 aromatic carbocycles. The molecule has 0 atom stereocenters. The van der Waals surface area contributed by atoms with Gasteiger partial charge in [0, 0.05) is 30.5 Å². The molecule has 0 saturated heterocycles. The monoisotopic (exact) mass is 493 g/mol. The van der Waals surface area contributed by atoms with Crippen molar-refractivity contribution in [1.29, 1.82) is 5.26 Å². The van der Waals surface area contributed by atoms with Crippen molar-refractivity contribution in [2.75, 3.05) is 5.32 Å². The van der Waals surface area contributed by atoms with Crippen LogP contribution in [0.2, 0.25) is 5.02 Å². The molecular weight excluding hydrogens is 474 g/mol. The van der Waals surface area contributed by atoms with Crippen molar-refractivity contribution in [3.05, 3.63) is 88.8 Å². The van der Waals surface area contributed by atoms with Gasteiger partial charge in [-0.15, -0.1) is 0 Å². The average molecular weight is 494 g/mol. The largest absolute Gasteiger partial charge is 0.363 e. The van der Waals surface area contributed by atoms with E-state index in [1.807, 2.05) is 28.7 Å². The van der Waals surface area contributed by atoms with Crippen LogP contribution in [0.5, 0.6) is 0 Å². The van der Waals surface area contributed by atoms with Gasteiger partial charge >= 0.3 is 0 Å². The molecular formula is C27H20ClN7O. The predicted octanol–water partition coefficient (Wildman–Crippen LogP) is 4.97. The van der Waals surface area contributed by atoms with E-state index in [9.17, 15) is 10.1 Å². The summed E-state index contributed by atoms with van der Waals surface area (Å²) in [6, 6.07) is 17.1. The number of pyridine rings is 1. The van der Waals surface area contributed by atoms with E-state index in [1.54, 1.807) is 42.9 Å². The average Bonchev–Trinajstić information content (AvgIpc) is 3.60. The topological polar surface area (TPSA) is 108 Å². The standard InChI is InChI=1S/C27H20ClN7O/c28-21-11-18(4-7-20(21)27(36)33-19-5-6-19)24-15-32-26-25(31-14-17-2-1-9-30-13-17)34-22-10-16(12-29)3-8-23(22)35(24)26/h1-4,7-11,13,15,19H,5-6,14H2,(H,31,34)(H,33,36). The summed E-state index contributed by atoms with van der Waals surface area (Å²) in [6.07, 6.45) is 7.30. The second-order valence-electron chi connectivity index (χ2n) is 8.74. The smallest absolute Gasteiger partial charge is 0.253 e. The zero-order valence-electron chi connectivity index (χ0n) is 19.1. The van der Waals surface area contributed by atoms with Crippen LogP contribution < -0.4 is 10.6 Å². The van der Waals surface area contributed by atoms with Gasteiger partial charge in [0.15, 0.2) is 11.5 Å². The lowest BCUT2D eigenvalue weighted by Gasteiger charge is -2.12. The quantitative estimate of drug-likeness (QED) is 0.345. The Balaban J connectivity index is 1.46. The highest BCUT2D eigenvalue weighted by atomic mass is 35.5. The molecule has 2 N–H and O–H groups in total. The second-order valence-corrected chi connectivity index (χ2v) is 9.14. The Morgan fingerprint density at radius 3 is 2.81 bits per heavy atom. The first-order chi connectivity index (χ1) is 17.6. The third-order valence-corrected chi connectivity index (χ3v) is 6.47. The Labute approximate surface area is 211 Å². The molecule has 6 rings (SSSR count). The normalized spacial score (nSPS) is 13.0. The number of halogens is 1. The van der Waals surface area contributed by atoms with E-state index in [0.29, 0.717) is 39.7 Å². The molecule has 3 aromatic heterocycles. The Hall–Kier alpha value is -4.48. The fourth-order valence-electron chi connectivity index (χ4n) is 4.16. The summed E-state index contributed by atoms with van der Waals surface area (Å²) >= 11 is 6.55.